The number of nitrogens with zero attached hydrogens (tertiary/aromatic N) is 2. The van der Waals surface area contributed by atoms with Crippen molar-refractivity contribution < 1.29 is 9.53 Å². The van der Waals surface area contributed by atoms with Gasteiger partial charge in [-0.15, -0.1) is 11.3 Å². The number of hydrogen-bond donors (Lipinski definition) is 2. The van der Waals surface area contributed by atoms with E-state index in [-0.39, 0.29) is 11.5 Å². The van der Waals surface area contributed by atoms with Crippen LogP contribution >= 0.6 is 23.1 Å². The number of aromatic nitrogens is 2. The number of thiophene rings is 1. The van der Waals surface area contributed by atoms with Gasteiger partial charge >= 0.3 is 0 Å². The van der Waals surface area contributed by atoms with Gasteiger partial charge in [0.25, 0.3) is 11.5 Å². The van der Waals surface area contributed by atoms with Crippen molar-refractivity contribution in [1.29, 1.82) is 5.26 Å². The Kier molecular flexibility index (Phi) is 6.34. The van der Waals surface area contributed by atoms with E-state index in [1.165, 1.54) is 30.2 Å². The third-order valence-corrected chi connectivity index (χ3v) is 6.16. The fraction of sp³-hybridized carbons (Fsp3) is 0.263. The number of methoxy groups -OCH3 is 1. The lowest BCUT2D eigenvalue weighted by molar-refractivity contribution is 0.102. The molecular formula is C19H18N4O3S2. The van der Waals surface area contributed by atoms with Crippen LogP contribution in [-0.2, 0) is 0 Å². The van der Waals surface area contributed by atoms with Crippen LogP contribution in [0.3, 0.4) is 0 Å². The van der Waals surface area contributed by atoms with Gasteiger partial charge in [-0.25, -0.2) is 4.98 Å². The van der Waals surface area contributed by atoms with Crippen molar-refractivity contribution >= 4 is 44.9 Å². The van der Waals surface area contributed by atoms with E-state index in [1.807, 2.05) is 6.07 Å². The lowest BCUT2D eigenvalue weighted by Crippen LogP contribution is -2.13. The summed E-state index contributed by atoms with van der Waals surface area (Å²) in [5.74, 6) is 0.933. The highest BCUT2D eigenvalue weighted by Gasteiger charge is 2.20. The van der Waals surface area contributed by atoms with E-state index in [0.29, 0.717) is 49.4 Å². The lowest BCUT2D eigenvalue weighted by atomic mass is 10.2. The highest BCUT2D eigenvalue weighted by atomic mass is 32.2. The quantitative estimate of drug-likeness (QED) is 0.344. The largest absolute Gasteiger partial charge is 0.495 e. The first-order chi connectivity index (χ1) is 13.5. The molecule has 0 fully saturated rings. The zero-order valence-corrected chi connectivity index (χ0v) is 17.0. The summed E-state index contributed by atoms with van der Waals surface area (Å²) in [4.78, 5) is 33.5. The Hall–Kier alpha value is -2.83. The molecule has 0 aliphatic rings. The van der Waals surface area contributed by atoms with Crippen LogP contribution < -0.4 is 15.6 Å². The van der Waals surface area contributed by atoms with Crippen molar-refractivity contribution in [3.05, 3.63) is 45.1 Å². The van der Waals surface area contributed by atoms with Crippen molar-refractivity contribution in [2.45, 2.75) is 24.9 Å². The number of H-pyrrole nitrogens is 1. The minimum Gasteiger partial charge on any atom is -0.495 e. The molecule has 0 saturated carbocycles. The standard InChI is InChI=1S/C19H18N4O3S2/c1-11-14-16(24)22-19(27-10-6-5-9-20)23-18(14)28-15(11)17(25)21-12-7-3-4-8-13(12)26-2/h3-4,7-8H,5-6,10H2,1-2H3,(H,21,25)(H,22,23,24). The number of rotatable bonds is 7. The number of fused-ring (bicyclic) bond motifs is 1. The number of unbranched alkanes of at least 4 members (excludes halogenated alkanes) is 1. The number of aryl methyl sites for hydroxylation is 1. The molecule has 0 bridgehead atoms. The van der Waals surface area contributed by atoms with E-state index in [1.54, 1.807) is 25.1 Å². The van der Waals surface area contributed by atoms with Crippen molar-refractivity contribution in [3.8, 4) is 11.8 Å². The van der Waals surface area contributed by atoms with Crippen LogP contribution in [0.5, 0.6) is 5.75 Å². The molecule has 28 heavy (non-hydrogen) atoms. The molecule has 1 amide bonds. The maximum Gasteiger partial charge on any atom is 0.266 e. The molecule has 9 heteroatoms. The Morgan fingerprint density at radius 1 is 1.43 bits per heavy atom. The SMILES string of the molecule is COc1ccccc1NC(=O)c1sc2nc(SCCCC#N)[nH]c(=O)c2c1C. The summed E-state index contributed by atoms with van der Waals surface area (Å²) in [6.45, 7) is 1.74. The summed E-state index contributed by atoms with van der Waals surface area (Å²) >= 11 is 2.58. The number of nitriles is 1. The average Bonchev–Trinajstić information content (AvgIpc) is 3.03. The number of aromatic amines is 1. The number of amides is 1. The predicted molar refractivity (Wildman–Crippen MR) is 111 cm³/mol. The molecule has 0 radical (unpaired) electrons. The van der Waals surface area contributed by atoms with Crippen LogP contribution in [0.25, 0.3) is 10.2 Å². The second-order valence-corrected chi connectivity index (χ2v) is 7.95. The van der Waals surface area contributed by atoms with Gasteiger partial charge in [-0.2, -0.15) is 5.26 Å². The van der Waals surface area contributed by atoms with Gasteiger partial charge in [-0.1, -0.05) is 23.9 Å². The van der Waals surface area contributed by atoms with E-state index in [9.17, 15) is 9.59 Å². The number of carbonyl (C=O) groups is 1. The summed E-state index contributed by atoms with van der Waals surface area (Å²) in [6.07, 6.45) is 1.18. The summed E-state index contributed by atoms with van der Waals surface area (Å²) in [5.41, 5.74) is 0.891. The fourth-order valence-electron chi connectivity index (χ4n) is 2.66. The molecule has 0 unspecified atom stereocenters. The first-order valence-corrected chi connectivity index (χ1v) is 10.3. The molecule has 7 nitrogen and oxygen atoms in total. The molecule has 0 atom stereocenters. The Morgan fingerprint density at radius 3 is 2.96 bits per heavy atom. The third-order valence-electron chi connectivity index (χ3n) is 4.01. The summed E-state index contributed by atoms with van der Waals surface area (Å²) in [7, 11) is 1.54. The van der Waals surface area contributed by atoms with Gasteiger partial charge < -0.3 is 15.0 Å². The number of para-hydroxylation sites is 2. The lowest BCUT2D eigenvalue weighted by Gasteiger charge is -2.09. The molecule has 3 aromatic rings. The van der Waals surface area contributed by atoms with Crippen molar-refractivity contribution in [2.24, 2.45) is 0 Å². The minimum atomic E-state index is -0.312. The van der Waals surface area contributed by atoms with Gasteiger partial charge in [0.2, 0.25) is 0 Å². The van der Waals surface area contributed by atoms with E-state index < -0.39 is 0 Å². The van der Waals surface area contributed by atoms with E-state index in [2.05, 4.69) is 21.4 Å². The Labute approximate surface area is 169 Å². The molecule has 2 aromatic heterocycles. The van der Waals surface area contributed by atoms with Gasteiger partial charge in [-0.3, -0.25) is 9.59 Å². The molecule has 0 aliphatic heterocycles. The number of thioether (sulfide) groups is 1. The predicted octanol–water partition coefficient (Wildman–Crippen LogP) is 3.95. The summed E-state index contributed by atoms with van der Waals surface area (Å²) in [6, 6.07) is 9.22. The van der Waals surface area contributed by atoms with Crippen molar-refractivity contribution in [2.75, 3.05) is 18.2 Å². The van der Waals surface area contributed by atoms with Crippen LogP contribution in [0.15, 0.2) is 34.2 Å². The van der Waals surface area contributed by atoms with Crippen molar-refractivity contribution in [1.82, 2.24) is 9.97 Å². The molecule has 2 N–H and O–H groups in total. The van der Waals surface area contributed by atoms with E-state index >= 15 is 0 Å². The number of carbonyl (C=O) groups excluding carboxylic acids is 1. The Balaban J connectivity index is 1.88. The second kappa shape index (κ2) is 8.91. The number of anilines is 1. The third kappa shape index (κ3) is 4.18. The Bertz CT molecular complexity index is 1110. The van der Waals surface area contributed by atoms with Crippen LogP contribution in [-0.4, -0.2) is 28.7 Å². The normalized spacial score (nSPS) is 10.6. The van der Waals surface area contributed by atoms with E-state index in [0.717, 1.165) is 6.42 Å². The van der Waals surface area contributed by atoms with Gasteiger partial charge in [-0.05, 0) is 31.0 Å². The van der Waals surface area contributed by atoms with Gasteiger partial charge in [0.15, 0.2) is 5.16 Å². The molecule has 144 valence electrons. The number of ether oxygens (including phenoxy) is 1. The molecule has 3 rings (SSSR count). The average molecular weight is 415 g/mol. The Morgan fingerprint density at radius 2 is 2.21 bits per heavy atom. The number of hydrogen-bond acceptors (Lipinski definition) is 7. The minimum absolute atomic E-state index is 0.266. The zero-order chi connectivity index (χ0) is 20.1. The maximum atomic E-state index is 12.8. The molecule has 2 heterocycles. The van der Waals surface area contributed by atoms with E-state index in [4.69, 9.17) is 10.00 Å². The first kappa shape index (κ1) is 19.9. The van der Waals surface area contributed by atoms with Gasteiger partial charge in [0.05, 0.1) is 29.1 Å². The van der Waals surface area contributed by atoms with Crippen LogP contribution in [0.4, 0.5) is 5.69 Å². The smallest absolute Gasteiger partial charge is 0.266 e. The highest BCUT2D eigenvalue weighted by Crippen LogP contribution is 2.30. The van der Waals surface area contributed by atoms with Crippen LogP contribution in [0.2, 0.25) is 0 Å². The monoisotopic (exact) mass is 414 g/mol. The van der Waals surface area contributed by atoms with Crippen LogP contribution in [0, 0.1) is 18.3 Å². The summed E-state index contributed by atoms with van der Waals surface area (Å²) in [5, 5.41) is 12.3. The van der Waals surface area contributed by atoms with Crippen molar-refractivity contribution in [3.63, 3.8) is 0 Å². The van der Waals surface area contributed by atoms with Crippen LogP contribution in [0.1, 0.15) is 28.1 Å². The first-order valence-electron chi connectivity index (χ1n) is 8.52. The van der Waals surface area contributed by atoms with Gasteiger partial charge in [0.1, 0.15) is 10.6 Å². The zero-order valence-electron chi connectivity index (χ0n) is 15.4. The summed E-state index contributed by atoms with van der Waals surface area (Å²) < 4.78 is 5.26. The fourth-order valence-corrected chi connectivity index (χ4v) is 4.59. The van der Waals surface area contributed by atoms with Gasteiger partial charge in [0, 0.05) is 12.2 Å². The number of nitrogens with one attached hydrogen (secondary N) is 2. The topological polar surface area (TPSA) is 108 Å². The number of benzene rings is 1. The molecule has 0 saturated heterocycles. The molecular weight excluding hydrogens is 396 g/mol. The second-order valence-electron chi connectivity index (χ2n) is 5.87. The molecule has 0 aliphatic carbocycles. The highest BCUT2D eigenvalue weighted by molar-refractivity contribution is 7.99. The molecule has 1 aromatic carbocycles. The molecule has 0 spiro atoms. The maximum absolute atomic E-state index is 12.8.